The number of aliphatic carboxylic acids is 1. The Morgan fingerprint density at radius 1 is 1.22 bits per heavy atom. The number of halogens is 1. The predicted molar refractivity (Wildman–Crippen MR) is 128 cm³/mol. The van der Waals surface area contributed by atoms with E-state index in [1.807, 2.05) is 0 Å². The SMILES string of the molecule is O=C(O)Cc1ccc(NC(=O)C(COC2CCCCO2)NS(=O)(=O)c2ccc(Cl)c([N+](=O)[O-])c2)cc1. The van der Waals surface area contributed by atoms with Gasteiger partial charge in [0.2, 0.25) is 15.9 Å². The normalized spacial score (nSPS) is 16.8. The van der Waals surface area contributed by atoms with Crippen molar-refractivity contribution in [1.82, 2.24) is 4.72 Å². The maximum absolute atomic E-state index is 13.0. The molecule has 1 heterocycles. The van der Waals surface area contributed by atoms with Gasteiger partial charge in [0, 0.05) is 18.4 Å². The molecule has 0 aliphatic carbocycles. The summed E-state index contributed by atoms with van der Waals surface area (Å²) >= 11 is 5.77. The number of amides is 1. The summed E-state index contributed by atoms with van der Waals surface area (Å²) in [5.74, 6) is -1.77. The zero-order valence-corrected chi connectivity index (χ0v) is 20.5. The van der Waals surface area contributed by atoms with Crippen LogP contribution in [0.1, 0.15) is 24.8 Å². The Balaban J connectivity index is 1.79. The van der Waals surface area contributed by atoms with Crippen LogP contribution in [0.3, 0.4) is 0 Å². The third-order valence-electron chi connectivity index (χ3n) is 5.20. The van der Waals surface area contributed by atoms with Crippen LogP contribution in [0.2, 0.25) is 5.02 Å². The Hall–Kier alpha value is -3.10. The van der Waals surface area contributed by atoms with Gasteiger partial charge in [-0.1, -0.05) is 23.7 Å². The Morgan fingerprint density at radius 3 is 2.56 bits per heavy atom. The van der Waals surface area contributed by atoms with Crippen LogP contribution >= 0.6 is 11.6 Å². The molecular formula is C22H24ClN3O9S. The number of anilines is 1. The minimum Gasteiger partial charge on any atom is -0.481 e. The number of carbonyl (C=O) groups excluding carboxylic acids is 1. The number of hydrogen-bond donors (Lipinski definition) is 3. The molecule has 1 amide bonds. The average molecular weight is 542 g/mol. The lowest BCUT2D eigenvalue weighted by atomic mass is 10.1. The van der Waals surface area contributed by atoms with E-state index < -0.39 is 49.7 Å². The lowest BCUT2D eigenvalue weighted by Gasteiger charge is -2.25. The molecule has 12 nitrogen and oxygen atoms in total. The Bertz CT molecular complexity index is 1220. The molecule has 36 heavy (non-hydrogen) atoms. The molecule has 3 rings (SSSR count). The first kappa shape index (κ1) is 27.5. The maximum atomic E-state index is 13.0. The number of nitrogens with zero attached hydrogens (tertiary/aromatic N) is 1. The lowest BCUT2D eigenvalue weighted by Crippen LogP contribution is -2.47. The summed E-state index contributed by atoms with van der Waals surface area (Å²) in [5.41, 5.74) is 0.211. The van der Waals surface area contributed by atoms with Gasteiger partial charge in [0.25, 0.3) is 5.69 Å². The van der Waals surface area contributed by atoms with Crippen molar-refractivity contribution in [3.63, 3.8) is 0 Å². The molecule has 0 radical (unpaired) electrons. The molecule has 1 fully saturated rings. The van der Waals surface area contributed by atoms with Crippen LogP contribution in [0.25, 0.3) is 0 Å². The van der Waals surface area contributed by atoms with Crippen molar-refractivity contribution in [2.45, 2.75) is 42.9 Å². The lowest BCUT2D eigenvalue weighted by molar-refractivity contribution is -0.384. The second kappa shape index (κ2) is 12.2. The van der Waals surface area contributed by atoms with Gasteiger partial charge in [0.1, 0.15) is 11.1 Å². The second-order valence-corrected chi connectivity index (χ2v) is 10.1. The Labute approximate surface area is 211 Å². The van der Waals surface area contributed by atoms with E-state index >= 15 is 0 Å². The summed E-state index contributed by atoms with van der Waals surface area (Å²) in [6.45, 7) is 0.104. The third kappa shape index (κ3) is 7.70. The van der Waals surface area contributed by atoms with E-state index in [-0.39, 0.29) is 18.1 Å². The number of sulfonamides is 1. The first-order valence-electron chi connectivity index (χ1n) is 10.9. The number of ether oxygens (including phenoxy) is 2. The molecule has 2 atom stereocenters. The summed E-state index contributed by atoms with van der Waals surface area (Å²) in [4.78, 5) is 33.7. The fourth-order valence-electron chi connectivity index (χ4n) is 3.37. The molecule has 2 aromatic rings. The fourth-order valence-corrected chi connectivity index (χ4v) is 4.76. The van der Waals surface area contributed by atoms with Crippen LogP contribution in [0.15, 0.2) is 47.4 Å². The van der Waals surface area contributed by atoms with Crippen LogP contribution in [-0.4, -0.2) is 55.9 Å². The number of hydrogen-bond acceptors (Lipinski definition) is 8. The number of benzene rings is 2. The molecule has 0 bridgehead atoms. The number of rotatable bonds is 11. The number of nitrogens with one attached hydrogen (secondary N) is 2. The van der Waals surface area contributed by atoms with Crippen molar-refractivity contribution >= 4 is 44.9 Å². The maximum Gasteiger partial charge on any atom is 0.307 e. The van der Waals surface area contributed by atoms with E-state index in [9.17, 15) is 28.1 Å². The van der Waals surface area contributed by atoms with Gasteiger partial charge in [-0.2, -0.15) is 4.72 Å². The van der Waals surface area contributed by atoms with Crippen molar-refractivity contribution in [3.05, 3.63) is 63.2 Å². The van der Waals surface area contributed by atoms with Crippen LogP contribution < -0.4 is 10.0 Å². The molecule has 1 aliphatic rings. The topological polar surface area (TPSA) is 174 Å². The molecule has 0 spiro atoms. The van der Waals surface area contributed by atoms with Crippen molar-refractivity contribution in [1.29, 1.82) is 0 Å². The largest absolute Gasteiger partial charge is 0.481 e. The summed E-state index contributed by atoms with van der Waals surface area (Å²) < 4.78 is 39.3. The number of carbonyl (C=O) groups is 2. The van der Waals surface area contributed by atoms with E-state index in [1.165, 1.54) is 24.3 Å². The number of nitro benzene ring substituents is 1. The fraction of sp³-hybridized carbons (Fsp3) is 0.364. The van der Waals surface area contributed by atoms with Gasteiger partial charge in [0.05, 0.1) is 22.8 Å². The quantitative estimate of drug-likeness (QED) is 0.285. The number of carboxylic acid groups (broad SMARTS) is 1. The van der Waals surface area contributed by atoms with Crippen molar-refractivity contribution in [2.24, 2.45) is 0 Å². The third-order valence-corrected chi connectivity index (χ3v) is 6.99. The molecule has 0 aromatic heterocycles. The molecule has 14 heteroatoms. The van der Waals surface area contributed by atoms with Crippen LogP contribution in [0.5, 0.6) is 0 Å². The highest BCUT2D eigenvalue weighted by Crippen LogP contribution is 2.27. The zero-order valence-electron chi connectivity index (χ0n) is 18.9. The highest BCUT2D eigenvalue weighted by Gasteiger charge is 2.29. The minimum absolute atomic E-state index is 0.195. The van der Waals surface area contributed by atoms with Gasteiger partial charge in [0.15, 0.2) is 6.29 Å². The van der Waals surface area contributed by atoms with Crippen molar-refractivity contribution in [3.8, 4) is 0 Å². The summed E-state index contributed by atoms with van der Waals surface area (Å²) in [7, 11) is -4.40. The second-order valence-electron chi connectivity index (χ2n) is 7.93. The average Bonchev–Trinajstić information content (AvgIpc) is 2.83. The molecule has 3 N–H and O–H groups in total. The molecule has 0 saturated carbocycles. The molecule has 1 aliphatic heterocycles. The van der Waals surface area contributed by atoms with Crippen LogP contribution in [-0.2, 0) is 35.5 Å². The predicted octanol–water partition coefficient (Wildman–Crippen LogP) is 2.70. The summed E-state index contributed by atoms with van der Waals surface area (Å²) in [5, 5.41) is 22.4. The van der Waals surface area contributed by atoms with Gasteiger partial charge in [-0.3, -0.25) is 19.7 Å². The first-order chi connectivity index (χ1) is 17.0. The molecule has 2 unspecified atom stereocenters. The Morgan fingerprint density at radius 2 is 1.94 bits per heavy atom. The number of carboxylic acids is 1. The number of nitro groups is 1. The highest BCUT2D eigenvalue weighted by atomic mass is 35.5. The van der Waals surface area contributed by atoms with Gasteiger partial charge in [-0.05, 0) is 49.1 Å². The molecule has 2 aromatic carbocycles. The minimum atomic E-state index is -4.40. The van der Waals surface area contributed by atoms with Gasteiger partial charge < -0.3 is 19.9 Å². The van der Waals surface area contributed by atoms with E-state index in [2.05, 4.69) is 10.0 Å². The molecule has 1 saturated heterocycles. The van der Waals surface area contributed by atoms with Crippen molar-refractivity contribution < 1.29 is 37.5 Å². The van der Waals surface area contributed by atoms with Crippen LogP contribution in [0.4, 0.5) is 11.4 Å². The van der Waals surface area contributed by atoms with Crippen molar-refractivity contribution in [2.75, 3.05) is 18.5 Å². The van der Waals surface area contributed by atoms with E-state index in [1.54, 1.807) is 0 Å². The summed E-state index contributed by atoms with van der Waals surface area (Å²) in [6, 6.07) is 7.53. The Kier molecular flexibility index (Phi) is 9.34. The summed E-state index contributed by atoms with van der Waals surface area (Å²) in [6.07, 6.45) is 1.49. The van der Waals surface area contributed by atoms with Gasteiger partial charge in [-0.25, -0.2) is 8.42 Å². The molecule has 194 valence electrons. The molecular weight excluding hydrogens is 518 g/mol. The van der Waals surface area contributed by atoms with Gasteiger partial charge >= 0.3 is 5.97 Å². The zero-order chi connectivity index (χ0) is 26.3. The van der Waals surface area contributed by atoms with Gasteiger partial charge in [-0.15, -0.1) is 0 Å². The first-order valence-corrected chi connectivity index (χ1v) is 12.7. The standard InChI is InChI=1S/C22H24ClN3O9S/c23-17-9-8-16(12-19(17)26(30)31)36(32,33)25-18(13-35-21-3-1-2-10-34-21)22(29)24-15-6-4-14(5-7-15)11-20(27)28/h4-9,12,18,21,25H,1-3,10-11,13H2,(H,24,29)(H,27,28). The van der Waals surface area contributed by atoms with E-state index in [4.69, 9.17) is 26.2 Å². The van der Waals surface area contributed by atoms with E-state index in [0.717, 1.165) is 31.0 Å². The monoisotopic (exact) mass is 541 g/mol. The van der Waals surface area contributed by atoms with E-state index in [0.29, 0.717) is 24.3 Å². The smallest absolute Gasteiger partial charge is 0.307 e. The van der Waals surface area contributed by atoms with Crippen LogP contribution in [0, 0.1) is 10.1 Å². The highest BCUT2D eigenvalue weighted by molar-refractivity contribution is 7.89.